The number of aromatic hydroxyl groups is 1. The summed E-state index contributed by atoms with van der Waals surface area (Å²) in [4.78, 5) is 38.7. The highest BCUT2D eigenvalue weighted by atomic mass is 35.5. The third-order valence-electron chi connectivity index (χ3n) is 5.43. The number of benzene rings is 4. The van der Waals surface area contributed by atoms with Gasteiger partial charge >= 0.3 is 24.1 Å². The third-order valence-corrected chi connectivity index (χ3v) is 5.68. The van der Waals surface area contributed by atoms with Crippen LogP contribution in [0.15, 0.2) is 97.1 Å². The molecule has 0 aliphatic carbocycles. The van der Waals surface area contributed by atoms with E-state index >= 15 is 0 Å². The number of para-hydroxylation sites is 2. The molecule has 40 heavy (non-hydrogen) atoms. The van der Waals surface area contributed by atoms with Crippen molar-refractivity contribution < 1.29 is 46.9 Å². The van der Waals surface area contributed by atoms with E-state index in [9.17, 15) is 32.7 Å². The molecular weight excluding hydrogens is 553 g/mol. The summed E-state index contributed by atoms with van der Waals surface area (Å²) in [5, 5.41) is 10.2. The first kappa shape index (κ1) is 28.2. The molecule has 204 valence electrons. The van der Waals surface area contributed by atoms with Gasteiger partial charge in [0.15, 0.2) is 0 Å². The third kappa shape index (κ3) is 6.78. The second-order valence-corrected chi connectivity index (χ2v) is 8.62. The van der Waals surface area contributed by atoms with Crippen LogP contribution in [0.2, 0.25) is 5.02 Å². The van der Waals surface area contributed by atoms with Crippen molar-refractivity contribution in [3.8, 4) is 17.2 Å². The highest BCUT2D eigenvalue weighted by Gasteiger charge is 2.32. The van der Waals surface area contributed by atoms with Gasteiger partial charge in [-0.1, -0.05) is 54.1 Å². The van der Waals surface area contributed by atoms with Gasteiger partial charge in [-0.2, -0.15) is 13.2 Å². The Hall–Kier alpha value is -4.83. The van der Waals surface area contributed by atoms with E-state index in [1.165, 1.54) is 78.9 Å². The molecule has 0 saturated heterocycles. The van der Waals surface area contributed by atoms with Crippen LogP contribution >= 0.6 is 11.6 Å². The number of hydrogen-bond acceptors (Lipinski definition) is 7. The van der Waals surface area contributed by atoms with Gasteiger partial charge < -0.3 is 19.3 Å². The Balaban J connectivity index is 1.59. The SMILES string of the molecule is O=C(Oc1ccccc1C(=O)OC(=O)[C@H](Oc1cccc(C(F)(F)F)c1)c1ccc(Cl)cc1)c1ccccc1O. The molecule has 1 atom stereocenters. The lowest BCUT2D eigenvalue weighted by molar-refractivity contribution is -0.146. The summed E-state index contributed by atoms with van der Waals surface area (Å²) in [6, 6.07) is 20.4. The van der Waals surface area contributed by atoms with Gasteiger partial charge in [-0.05, 0) is 54.6 Å². The van der Waals surface area contributed by atoms with Crippen LogP contribution in [0.3, 0.4) is 0 Å². The van der Waals surface area contributed by atoms with Crippen molar-refractivity contribution in [2.45, 2.75) is 12.3 Å². The molecule has 0 aliphatic rings. The first-order chi connectivity index (χ1) is 19.0. The number of carbonyl (C=O) groups is 3. The summed E-state index contributed by atoms with van der Waals surface area (Å²) in [7, 11) is 0. The molecule has 4 aromatic rings. The Kier molecular flexibility index (Phi) is 8.40. The Morgan fingerprint density at radius 1 is 0.775 bits per heavy atom. The summed E-state index contributed by atoms with van der Waals surface area (Å²) >= 11 is 5.91. The second-order valence-electron chi connectivity index (χ2n) is 8.19. The zero-order valence-corrected chi connectivity index (χ0v) is 21.0. The van der Waals surface area contributed by atoms with E-state index in [-0.39, 0.29) is 33.9 Å². The molecule has 0 fully saturated rings. The molecule has 0 heterocycles. The summed E-state index contributed by atoms with van der Waals surface area (Å²) < 4.78 is 55.4. The van der Waals surface area contributed by atoms with Crippen LogP contribution in [0.1, 0.15) is 37.9 Å². The van der Waals surface area contributed by atoms with E-state index < -0.39 is 35.8 Å². The standard InChI is InChI=1S/C29H18ClF3O7/c30-19-14-12-17(13-15-19)25(38-20-7-5-6-18(16-20)29(31,32)33)28(37)40-27(36)22-9-2-4-11-24(22)39-26(35)21-8-1-3-10-23(21)34/h1-16,25,34H/t25-/m1/s1. The van der Waals surface area contributed by atoms with E-state index in [2.05, 4.69) is 0 Å². The van der Waals surface area contributed by atoms with Gasteiger partial charge in [0.25, 0.3) is 0 Å². The minimum atomic E-state index is -4.66. The summed E-state index contributed by atoms with van der Waals surface area (Å²) in [6.07, 6.45) is -6.33. The van der Waals surface area contributed by atoms with Crippen molar-refractivity contribution in [2.24, 2.45) is 0 Å². The molecule has 0 unspecified atom stereocenters. The molecule has 11 heteroatoms. The van der Waals surface area contributed by atoms with Crippen LogP contribution < -0.4 is 9.47 Å². The fraction of sp³-hybridized carbons (Fsp3) is 0.0690. The molecule has 4 rings (SSSR count). The van der Waals surface area contributed by atoms with E-state index in [1.807, 2.05) is 0 Å². The number of phenols is 1. The summed E-state index contributed by atoms with van der Waals surface area (Å²) in [6.45, 7) is 0. The average Bonchev–Trinajstić information content (AvgIpc) is 2.92. The van der Waals surface area contributed by atoms with Gasteiger partial charge in [-0.3, -0.25) is 0 Å². The number of halogens is 4. The number of ether oxygens (including phenoxy) is 3. The quantitative estimate of drug-likeness (QED) is 0.148. The van der Waals surface area contributed by atoms with Crippen LogP contribution in [0.5, 0.6) is 17.2 Å². The Morgan fingerprint density at radius 2 is 1.43 bits per heavy atom. The van der Waals surface area contributed by atoms with Crippen molar-refractivity contribution in [1.29, 1.82) is 0 Å². The van der Waals surface area contributed by atoms with Crippen LogP contribution in [-0.2, 0) is 15.7 Å². The molecule has 0 bridgehead atoms. The molecule has 4 aromatic carbocycles. The predicted molar refractivity (Wildman–Crippen MR) is 136 cm³/mol. The molecular formula is C29H18ClF3O7. The van der Waals surface area contributed by atoms with Crippen molar-refractivity contribution >= 4 is 29.5 Å². The number of hydrogen-bond donors (Lipinski definition) is 1. The van der Waals surface area contributed by atoms with Crippen molar-refractivity contribution in [3.63, 3.8) is 0 Å². The van der Waals surface area contributed by atoms with E-state index in [0.29, 0.717) is 11.1 Å². The zero-order chi connectivity index (χ0) is 28.9. The lowest BCUT2D eigenvalue weighted by Gasteiger charge is -2.19. The van der Waals surface area contributed by atoms with Crippen molar-refractivity contribution in [1.82, 2.24) is 0 Å². The van der Waals surface area contributed by atoms with Crippen LogP contribution in [0, 0.1) is 0 Å². The van der Waals surface area contributed by atoms with Crippen LogP contribution in [-0.4, -0.2) is 23.0 Å². The molecule has 1 N–H and O–H groups in total. The number of alkyl halides is 3. The number of phenolic OH excluding ortho intramolecular Hbond substituents is 1. The smallest absolute Gasteiger partial charge is 0.416 e. The van der Waals surface area contributed by atoms with E-state index in [0.717, 1.165) is 12.1 Å². The summed E-state index contributed by atoms with van der Waals surface area (Å²) in [5.74, 6) is -4.38. The fourth-order valence-electron chi connectivity index (χ4n) is 3.50. The molecule has 0 spiro atoms. The molecule has 0 radical (unpaired) electrons. The van der Waals surface area contributed by atoms with Gasteiger partial charge in [0.05, 0.1) is 5.56 Å². The van der Waals surface area contributed by atoms with E-state index in [4.69, 9.17) is 25.8 Å². The maximum absolute atomic E-state index is 13.2. The predicted octanol–water partition coefficient (Wildman–Crippen LogP) is 6.79. The number of carbonyl (C=O) groups excluding carboxylic acids is 3. The topological polar surface area (TPSA) is 99.1 Å². The van der Waals surface area contributed by atoms with Gasteiger partial charge in [0, 0.05) is 10.6 Å². The molecule has 0 aromatic heterocycles. The maximum atomic E-state index is 13.2. The maximum Gasteiger partial charge on any atom is 0.416 e. The lowest BCUT2D eigenvalue weighted by Crippen LogP contribution is -2.25. The fourth-order valence-corrected chi connectivity index (χ4v) is 3.62. The number of esters is 3. The highest BCUT2D eigenvalue weighted by Crippen LogP contribution is 2.33. The number of rotatable bonds is 7. The van der Waals surface area contributed by atoms with Crippen LogP contribution in [0.25, 0.3) is 0 Å². The normalized spacial score (nSPS) is 11.8. The molecule has 7 nitrogen and oxygen atoms in total. The largest absolute Gasteiger partial charge is 0.507 e. The molecule has 0 aliphatic heterocycles. The van der Waals surface area contributed by atoms with E-state index in [1.54, 1.807) is 0 Å². The van der Waals surface area contributed by atoms with Crippen LogP contribution in [0.4, 0.5) is 13.2 Å². The van der Waals surface area contributed by atoms with Crippen molar-refractivity contribution in [2.75, 3.05) is 0 Å². The Labute approximate surface area is 230 Å². The highest BCUT2D eigenvalue weighted by molar-refractivity contribution is 6.30. The Bertz CT molecular complexity index is 1550. The summed E-state index contributed by atoms with van der Waals surface area (Å²) in [5.41, 5.74) is -1.35. The molecule has 0 amide bonds. The molecule has 0 saturated carbocycles. The first-order valence-electron chi connectivity index (χ1n) is 11.5. The average molecular weight is 571 g/mol. The first-order valence-corrected chi connectivity index (χ1v) is 11.9. The van der Waals surface area contributed by atoms with Crippen molar-refractivity contribution in [3.05, 3.63) is 124 Å². The van der Waals surface area contributed by atoms with Gasteiger partial charge in [0.1, 0.15) is 28.4 Å². The zero-order valence-electron chi connectivity index (χ0n) is 20.2. The van der Waals surface area contributed by atoms with Gasteiger partial charge in [-0.15, -0.1) is 0 Å². The lowest BCUT2D eigenvalue weighted by atomic mass is 10.1. The second kappa shape index (κ2) is 11.9. The minimum absolute atomic E-state index is 0.138. The monoisotopic (exact) mass is 570 g/mol. The van der Waals surface area contributed by atoms with Gasteiger partial charge in [0.2, 0.25) is 6.10 Å². The van der Waals surface area contributed by atoms with Gasteiger partial charge in [-0.25, -0.2) is 14.4 Å². The Morgan fingerprint density at radius 3 is 2.10 bits per heavy atom. The minimum Gasteiger partial charge on any atom is -0.507 e.